The molecule has 27 heavy (non-hydrogen) atoms. The molecular weight excluding hydrogens is 355 g/mol. The molecule has 2 aromatic carbocycles. The van der Waals surface area contributed by atoms with Gasteiger partial charge in [-0.3, -0.25) is 0 Å². The number of fused-ring (bicyclic) bond motifs is 3. The number of aromatic nitrogens is 3. The summed E-state index contributed by atoms with van der Waals surface area (Å²) in [7, 11) is 0. The van der Waals surface area contributed by atoms with Crippen LogP contribution in [0, 0.1) is 0 Å². The van der Waals surface area contributed by atoms with E-state index in [1.807, 2.05) is 24.3 Å². The molecule has 0 aliphatic carbocycles. The van der Waals surface area contributed by atoms with Crippen molar-refractivity contribution < 1.29 is 13.2 Å². The number of aromatic amines is 1. The number of nitrogens with zero attached hydrogens (tertiary/aromatic N) is 2. The molecule has 3 heterocycles. The highest BCUT2D eigenvalue weighted by Gasteiger charge is 2.69. The molecular formula is C19H14F3N5. The molecule has 1 aliphatic heterocycles. The molecule has 0 radical (unpaired) electrons. The third-order valence-corrected chi connectivity index (χ3v) is 4.94. The molecule has 3 N–H and O–H groups in total. The van der Waals surface area contributed by atoms with Crippen molar-refractivity contribution in [2.75, 3.05) is 0 Å². The van der Waals surface area contributed by atoms with Crippen molar-refractivity contribution in [2.45, 2.75) is 17.8 Å². The number of nitrogens with one attached hydrogen (secondary N) is 3. The van der Waals surface area contributed by atoms with Gasteiger partial charge in [0, 0.05) is 22.5 Å². The van der Waals surface area contributed by atoms with Crippen LogP contribution in [0.15, 0.2) is 60.8 Å². The Morgan fingerprint density at radius 1 is 0.889 bits per heavy atom. The van der Waals surface area contributed by atoms with Gasteiger partial charge >= 0.3 is 6.18 Å². The zero-order valence-electron chi connectivity index (χ0n) is 13.9. The number of halogens is 3. The predicted molar refractivity (Wildman–Crippen MR) is 94.7 cm³/mol. The first-order chi connectivity index (χ1) is 13.0. The van der Waals surface area contributed by atoms with Crippen LogP contribution in [0.1, 0.15) is 17.3 Å². The third kappa shape index (κ3) is 2.41. The molecule has 2 aromatic heterocycles. The maximum Gasteiger partial charge on any atom is 0.423 e. The lowest BCUT2D eigenvalue weighted by Crippen LogP contribution is -2.44. The highest BCUT2D eigenvalue weighted by Crippen LogP contribution is 2.46. The topological polar surface area (TPSA) is 85.5 Å². The van der Waals surface area contributed by atoms with E-state index in [4.69, 9.17) is 0 Å². The van der Waals surface area contributed by atoms with Crippen molar-refractivity contribution in [1.29, 1.82) is 0 Å². The first-order valence-electron chi connectivity index (χ1n) is 8.39. The van der Waals surface area contributed by atoms with Gasteiger partial charge in [0.1, 0.15) is 11.5 Å². The monoisotopic (exact) mass is 369 g/mol. The van der Waals surface area contributed by atoms with E-state index in [9.17, 15) is 13.2 Å². The molecule has 1 saturated heterocycles. The third-order valence-electron chi connectivity index (χ3n) is 4.94. The summed E-state index contributed by atoms with van der Waals surface area (Å²) in [4.78, 5) is 11.9. The van der Waals surface area contributed by atoms with Crippen molar-refractivity contribution in [3.63, 3.8) is 0 Å². The standard InChI is InChI=1S/C19H14F3N5/c20-19(21,22)18(26-27-18)15(11-6-2-1-3-7-11)17-23-10-13-12-8-4-5-9-14(12)24-16(13)25-17/h1-10,15,26-27H,(H,23,24,25). The number of rotatable bonds is 3. The normalized spacial score (nSPS) is 17.3. The van der Waals surface area contributed by atoms with Gasteiger partial charge in [-0.15, -0.1) is 0 Å². The average molecular weight is 369 g/mol. The number of hydrazine groups is 1. The van der Waals surface area contributed by atoms with Gasteiger partial charge < -0.3 is 4.98 Å². The van der Waals surface area contributed by atoms with E-state index in [1.54, 1.807) is 36.5 Å². The molecule has 136 valence electrons. The molecule has 1 atom stereocenters. The second-order valence-electron chi connectivity index (χ2n) is 6.56. The van der Waals surface area contributed by atoms with Gasteiger partial charge in [0.2, 0.25) is 5.66 Å². The number of H-pyrrole nitrogens is 1. The zero-order chi connectivity index (χ0) is 18.6. The van der Waals surface area contributed by atoms with Crippen LogP contribution in [0.25, 0.3) is 21.9 Å². The fourth-order valence-corrected chi connectivity index (χ4v) is 3.54. The molecule has 1 fully saturated rings. The number of alkyl halides is 3. The van der Waals surface area contributed by atoms with Crippen LogP contribution < -0.4 is 10.9 Å². The van der Waals surface area contributed by atoms with E-state index < -0.39 is 17.8 Å². The van der Waals surface area contributed by atoms with Crippen molar-refractivity contribution in [2.24, 2.45) is 0 Å². The lowest BCUT2D eigenvalue weighted by molar-refractivity contribution is -0.166. The summed E-state index contributed by atoms with van der Waals surface area (Å²) in [5.41, 5.74) is 4.16. The maximum atomic E-state index is 13.8. The number of hydrogen-bond acceptors (Lipinski definition) is 4. The van der Waals surface area contributed by atoms with Gasteiger partial charge in [-0.05, 0) is 11.6 Å². The lowest BCUT2D eigenvalue weighted by atomic mass is 9.87. The molecule has 0 amide bonds. The average Bonchev–Trinajstić information content (AvgIpc) is 3.38. The summed E-state index contributed by atoms with van der Waals surface area (Å²) in [6, 6.07) is 16.1. The van der Waals surface area contributed by atoms with E-state index in [2.05, 4.69) is 25.8 Å². The Morgan fingerprint density at radius 2 is 1.59 bits per heavy atom. The SMILES string of the molecule is FC(F)(F)C1(C(c2ccccc2)c2ncc3c(n2)[nH]c2ccccc23)NN1. The molecule has 1 unspecified atom stereocenters. The first-order valence-corrected chi connectivity index (χ1v) is 8.39. The maximum absolute atomic E-state index is 13.8. The van der Waals surface area contributed by atoms with E-state index in [1.165, 1.54) is 0 Å². The molecule has 8 heteroatoms. The Morgan fingerprint density at radius 3 is 2.30 bits per heavy atom. The molecule has 5 rings (SSSR count). The van der Waals surface area contributed by atoms with Gasteiger partial charge in [-0.1, -0.05) is 48.5 Å². The predicted octanol–water partition coefficient (Wildman–Crippen LogP) is 3.61. The lowest BCUT2D eigenvalue weighted by Gasteiger charge is -2.25. The molecule has 0 saturated carbocycles. The van der Waals surface area contributed by atoms with Crippen LogP contribution in [-0.4, -0.2) is 26.8 Å². The quantitative estimate of drug-likeness (QED) is 0.482. The van der Waals surface area contributed by atoms with Crippen LogP contribution >= 0.6 is 0 Å². The van der Waals surface area contributed by atoms with Gasteiger partial charge in [-0.2, -0.15) is 13.2 Å². The fraction of sp³-hybridized carbons (Fsp3) is 0.158. The highest BCUT2D eigenvalue weighted by atomic mass is 19.4. The summed E-state index contributed by atoms with van der Waals surface area (Å²) < 4.78 is 41.4. The summed E-state index contributed by atoms with van der Waals surface area (Å²) in [6.07, 6.45) is -2.94. The number of para-hydroxylation sites is 1. The van der Waals surface area contributed by atoms with E-state index in [0.717, 1.165) is 16.3 Å². The Labute approximate surface area is 151 Å². The number of hydrogen-bond donors (Lipinski definition) is 3. The van der Waals surface area contributed by atoms with Crippen molar-refractivity contribution in [3.8, 4) is 0 Å². The van der Waals surface area contributed by atoms with Crippen molar-refractivity contribution >= 4 is 21.9 Å². The summed E-state index contributed by atoms with van der Waals surface area (Å²) in [5, 5.41) is 1.71. The molecule has 0 bridgehead atoms. The minimum Gasteiger partial charge on any atom is -0.339 e. The van der Waals surface area contributed by atoms with Crippen molar-refractivity contribution in [1.82, 2.24) is 25.8 Å². The second-order valence-corrected chi connectivity index (χ2v) is 6.56. The Kier molecular flexibility index (Phi) is 3.31. The summed E-state index contributed by atoms with van der Waals surface area (Å²) in [5.74, 6) is -1.04. The van der Waals surface area contributed by atoms with E-state index in [0.29, 0.717) is 11.2 Å². The van der Waals surface area contributed by atoms with E-state index in [-0.39, 0.29) is 5.82 Å². The van der Waals surface area contributed by atoms with Crippen LogP contribution in [0.5, 0.6) is 0 Å². The van der Waals surface area contributed by atoms with Gasteiger partial charge in [0.25, 0.3) is 0 Å². The van der Waals surface area contributed by atoms with E-state index >= 15 is 0 Å². The Balaban J connectivity index is 1.71. The van der Waals surface area contributed by atoms with Gasteiger partial charge in [0.05, 0.1) is 5.92 Å². The van der Waals surface area contributed by atoms with Gasteiger partial charge in [0.15, 0.2) is 0 Å². The fourth-order valence-electron chi connectivity index (χ4n) is 3.54. The summed E-state index contributed by atoms with van der Waals surface area (Å²) >= 11 is 0. The first kappa shape index (κ1) is 16.2. The van der Waals surface area contributed by atoms with Crippen molar-refractivity contribution in [3.05, 3.63) is 72.2 Å². The van der Waals surface area contributed by atoms with Gasteiger partial charge in [-0.25, -0.2) is 20.8 Å². The van der Waals surface area contributed by atoms with Crippen LogP contribution in [0.4, 0.5) is 13.2 Å². The molecule has 0 spiro atoms. The second kappa shape index (κ2) is 5.51. The van der Waals surface area contributed by atoms with Crippen LogP contribution in [-0.2, 0) is 0 Å². The molecule has 1 aliphatic rings. The number of benzene rings is 2. The Hall–Kier alpha value is -2.97. The highest BCUT2D eigenvalue weighted by molar-refractivity contribution is 6.05. The molecule has 4 aromatic rings. The van der Waals surface area contributed by atoms with Crippen LogP contribution in [0.2, 0.25) is 0 Å². The smallest absolute Gasteiger partial charge is 0.339 e. The minimum absolute atomic E-state index is 0.0927. The largest absolute Gasteiger partial charge is 0.423 e. The molecule has 5 nitrogen and oxygen atoms in total. The summed E-state index contributed by atoms with van der Waals surface area (Å²) in [6.45, 7) is 0. The zero-order valence-corrected chi connectivity index (χ0v) is 13.9. The Bertz CT molecular complexity index is 1130. The van der Waals surface area contributed by atoms with Crippen LogP contribution in [0.3, 0.4) is 0 Å². The minimum atomic E-state index is -4.52.